The zero-order valence-corrected chi connectivity index (χ0v) is 19.8. The van der Waals surface area contributed by atoms with Crippen LogP contribution in [0.5, 0.6) is 0 Å². The summed E-state index contributed by atoms with van der Waals surface area (Å²) in [5, 5.41) is 11.4. The number of fused-ring (bicyclic) bond motifs is 5. The van der Waals surface area contributed by atoms with E-state index >= 15 is 0 Å². The molecule has 2 saturated heterocycles. The fourth-order valence-electron chi connectivity index (χ4n) is 6.00. The smallest absolute Gasteiger partial charge is 0.433 e. The number of carbonyl (C=O) groups is 1. The van der Waals surface area contributed by atoms with Crippen LogP contribution >= 0.6 is 0 Å². The van der Waals surface area contributed by atoms with Crippen LogP contribution in [0, 0.1) is 0 Å². The molecule has 6 rings (SSSR count). The predicted octanol–water partition coefficient (Wildman–Crippen LogP) is 5.10. The van der Waals surface area contributed by atoms with Gasteiger partial charge in [0.05, 0.1) is 31.0 Å². The third-order valence-corrected chi connectivity index (χ3v) is 7.62. The summed E-state index contributed by atoms with van der Waals surface area (Å²) in [6, 6.07) is 18.5. The van der Waals surface area contributed by atoms with Crippen molar-refractivity contribution in [3.05, 3.63) is 89.2 Å². The lowest BCUT2D eigenvalue weighted by molar-refractivity contribution is -0.145. The molecule has 1 aliphatic carbocycles. The zero-order chi connectivity index (χ0) is 25.8. The number of aromatic nitrogens is 1. The number of alkyl halides is 3. The summed E-state index contributed by atoms with van der Waals surface area (Å²) >= 11 is 0. The first-order valence-corrected chi connectivity index (χ1v) is 12.2. The standard InChI is InChI=1S/C28H25F3N2O4/c29-28(30,31)25-11-5-10-24(32-25)27(35)12-17-14-36-15-18(13-27)33(17)26(34)37-16-23-21-8-3-1-6-19(21)20-7-2-4-9-22(20)23/h1-11,17-18,23,35H,12-16H2. The molecule has 2 aliphatic heterocycles. The van der Waals surface area contributed by atoms with Crippen LogP contribution in [0.3, 0.4) is 0 Å². The van der Waals surface area contributed by atoms with Gasteiger partial charge < -0.3 is 14.6 Å². The fraction of sp³-hybridized carbons (Fsp3) is 0.357. The van der Waals surface area contributed by atoms with Gasteiger partial charge in [-0.05, 0) is 34.4 Å². The van der Waals surface area contributed by atoms with E-state index in [1.807, 2.05) is 36.4 Å². The average molecular weight is 511 g/mol. The second-order valence-electron chi connectivity index (χ2n) is 9.90. The molecule has 2 unspecified atom stereocenters. The Morgan fingerprint density at radius 1 is 0.973 bits per heavy atom. The maximum absolute atomic E-state index is 13.3. The third-order valence-electron chi connectivity index (χ3n) is 7.62. The molecular weight excluding hydrogens is 485 g/mol. The molecule has 2 aromatic carbocycles. The van der Waals surface area contributed by atoms with Crippen LogP contribution < -0.4 is 0 Å². The number of benzene rings is 2. The minimum absolute atomic E-state index is 0.00199. The van der Waals surface area contributed by atoms with Gasteiger partial charge in [-0.2, -0.15) is 13.2 Å². The Morgan fingerprint density at radius 2 is 1.57 bits per heavy atom. The van der Waals surface area contributed by atoms with Crippen molar-refractivity contribution >= 4 is 6.09 Å². The summed E-state index contributed by atoms with van der Waals surface area (Å²) in [6.45, 7) is 0.465. The van der Waals surface area contributed by atoms with Gasteiger partial charge >= 0.3 is 12.3 Å². The summed E-state index contributed by atoms with van der Waals surface area (Å²) in [7, 11) is 0. The molecular formula is C28H25F3N2O4. The molecule has 1 aromatic heterocycles. The highest BCUT2D eigenvalue weighted by Crippen LogP contribution is 2.45. The molecule has 2 atom stereocenters. The van der Waals surface area contributed by atoms with Crippen LogP contribution in [0.4, 0.5) is 18.0 Å². The molecule has 3 aromatic rings. The van der Waals surface area contributed by atoms with E-state index in [4.69, 9.17) is 9.47 Å². The molecule has 37 heavy (non-hydrogen) atoms. The van der Waals surface area contributed by atoms with Gasteiger partial charge in [-0.1, -0.05) is 54.6 Å². The molecule has 3 aliphatic rings. The summed E-state index contributed by atoms with van der Waals surface area (Å²) in [4.78, 5) is 18.6. The lowest BCUT2D eigenvalue weighted by atomic mass is 9.79. The van der Waals surface area contributed by atoms with Gasteiger partial charge in [0.1, 0.15) is 17.9 Å². The van der Waals surface area contributed by atoms with Crippen molar-refractivity contribution in [3.63, 3.8) is 0 Å². The van der Waals surface area contributed by atoms with E-state index < -0.39 is 35.6 Å². The number of morpholine rings is 1. The number of hydrogen-bond acceptors (Lipinski definition) is 5. The van der Waals surface area contributed by atoms with Crippen LogP contribution in [0.25, 0.3) is 11.1 Å². The molecule has 2 bridgehead atoms. The van der Waals surface area contributed by atoms with Crippen LogP contribution in [0.1, 0.15) is 41.3 Å². The van der Waals surface area contributed by atoms with E-state index in [2.05, 4.69) is 17.1 Å². The molecule has 192 valence electrons. The monoisotopic (exact) mass is 510 g/mol. The first-order valence-electron chi connectivity index (χ1n) is 12.2. The van der Waals surface area contributed by atoms with E-state index in [-0.39, 0.29) is 44.3 Å². The van der Waals surface area contributed by atoms with Gasteiger partial charge in [-0.3, -0.25) is 4.90 Å². The van der Waals surface area contributed by atoms with E-state index in [1.54, 1.807) is 4.90 Å². The maximum atomic E-state index is 13.3. The Labute approximate surface area is 211 Å². The Bertz CT molecular complexity index is 1290. The van der Waals surface area contributed by atoms with Crippen molar-refractivity contribution in [2.75, 3.05) is 19.8 Å². The van der Waals surface area contributed by atoms with Gasteiger partial charge in [0, 0.05) is 18.8 Å². The van der Waals surface area contributed by atoms with E-state index in [9.17, 15) is 23.1 Å². The van der Waals surface area contributed by atoms with Gasteiger partial charge in [0.15, 0.2) is 0 Å². The number of aliphatic hydroxyl groups is 1. The first kappa shape index (κ1) is 23.9. The number of hydrogen-bond donors (Lipinski definition) is 1. The Hall–Kier alpha value is -3.43. The largest absolute Gasteiger partial charge is 0.448 e. The van der Waals surface area contributed by atoms with Crippen LogP contribution in [-0.4, -0.2) is 53.0 Å². The lowest BCUT2D eigenvalue weighted by Gasteiger charge is -2.50. The highest BCUT2D eigenvalue weighted by Gasteiger charge is 2.50. The third kappa shape index (κ3) is 4.16. The summed E-state index contributed by atoms with van der Waals surface area (Å²) in [6.07, 6.45) is -5.13. The van der Waals surface area contributed by atoms with Crippen LogP contribution in [-0.2, 0) is 21.3 Å². The number of pyridine rings is 1. The van der Waals surface area contributed by atoms with Gasteiger partial charge in [-0.25, -0.2) is 9.78 Å². The number of amides is 1. The number of halogens is 3. The Balaban J connectivity index is 1.20. The highest BCUT2D eigenvalue weighted by atomic mass is 19.4. The van der Waals surface area contributed by atoms with Crippen molar-refractivity contribution in [2.24, 2.45) is 0 Å². The summed E-state index contributed by atoms with van der Waals surface area (Å²) < 4.78 is 51.1. The van der Waals surface area contributed by atoms with Gasteiger partial charge in [-0.15, -0.1) is 0 Å². The van der Waals surface area contributed by atoms with Gasteiger partial charge in [0.25, 0.3) is 0 Å². The molecule has 9 heteroatoms. The van der Waals surface area contributed by atoms with Crippen molar-refractivity contribution in [3.8, 4) is 11.1 Å². The fourth-order valence-corrected chi connectivity index (χ4v) is 6.00. The van der Waals surface area contributed by atoms with E-state index in [0.29, 0.717) is 0 Å². The van der Waals surface area contributed by atoms with Crippen molar-refractivity contribution in [2.45, 2.75) is 42.6 Å². The molecule has 0 spiro atoms. The molecule has 3 heterocycles. The lowest BCUT2D eigenvalue weighted by Crippen LogP contribution is -2.62. The van der Waals surface area contributed by atoms with Gasteiger partial charge in [0.2, 0.25) is 0 Å². The minimum Gasteiger partial charge on any atom is -0.448 e. The molecule has 1 N–H and O–H groups in total. The molecule has 1 amide bonds. The van der Waals surface area contributed by atoms with Crippen molar-refractivity contribution in [1.29, 1.82) is 0 Å². The second kappa shape index (κ2) is 8.85. The topological polar surface area (TPSA) is 71.9 Å². The van der Waals surface area contributed by atoms with Crippen molar-refractivity contribution in [1.82, 2.24) is 9.88 Å². The summed E-state index contributed by atoms with van der Waals surface area (Å²) in [5.41, 5.74) is 1.74. The second-order valence-corrected chi connectivity index (χ2v) is 9.90. The number of nitrogens with zero attached hydrogens (tertiary/aromatic N) is 2. The first-order chi connectivity index (χ1) is 17.7. The normalized spacial score (nSPS) is 24.9. The quantitative estimate of drug-likeness (QED) is 0.531. The number of ether oxygens (including phenoxy) is 2. The highest BCUT2D eigenvalue weighted by molar-refractivity contribution is 5.79. The number of carbonyl (C=O) groups excluding carboxylic acids is 1. The molecule has 2 fully saturated rings. The maximum Gasteiger partial charge on any atom is 0.433 e. The Kier molecular flexibility index (Phi) is 5.72. The number of piperidine rings is 1. The van der Waals surface area contributed by atoms with Crippen molar-refractivity contribution < 1.29 is 32.5 Å². The Morgan fingerprint density at radius 3 is 2.16 bits per heavy atom. The molecule has 0 saturated carbocycles. The zero-order valence-electron chi connectivity index (χ0n) is 19.8. The minimum atomic E-state index is -4.62. The van der Waals surface area contributed by atoms with Crippen LogP contribution in [0.2, 0.25) is 0 Å². The average Bonchev–Trinajstić information content (AvgIpc) is 3.20. The molecule has 0 radical (unpaired) electrons. The SMILES string of the molecule is O=C(OCC1c2ccccc2-c2ccccc21)N1C2COCC1CC(O)(c1cccc(C(F)(F)F)n1)C2. The van der Waals surface area contributed by atoms with Crippen LogP contribution in [0.15, 0.2) is 66.7 Å². The predicted molar refractivity (Wildman–Crippen MR) is 128 cm³/mol. The number of rotatable bonds is 3. The van der Waals surface area contributed by atoms with E-state index in [1.165, 1.54) is 12.1 Å². The summed E-state index contributed by atoms with van der Waals surface area (Å²) in [5.74, 6) is -0.0940. The molecule has 6 nitrogen and oxygen atoms in total. The van der Waals surface area contributed by atoms with E-state index in [0.717, 1.165) is 28.3 Å².